The molecule has 0 unspecified atom stereocenters. The molecule has 0 spiro atoms. The van der Waals surface area contributed by atoms with Gasteiger partial charge in [-0.05, 0) is 70.5 Å². The van der Waals surface area contributed by atoms with Crippen LogP contribution in [0.4, 0.5) is 4.39 Å². The maximum absolute atomic E-state index is 14.1. The number of halogens is 1. The largest absolute Gasteiger partial charge is 0.496 e. The Morgan fingerprint density at radius 1 is 0.971 bits per heavy atom. The quantitative estimate of drug-likeness (QED) is 0.387. The molecule has 1 fully saturated rings. The molecule has 35 heavy (non-hydrogen) atoms. The van der Waals surface area contributed by atoms with Gasteiger partial charge in [0, 0.05) is 28.8 Å². The fourth-order valence-corrected chi connectivity index (χ4v) is 5.42. The molecule has 1 aliphatic heterocycles. The minimum absolute atomic E-state index is 0.141. The Balaban J connectivity index is 1.71. The fourth-order valence-electron chi connectivity index (χ4n) is 4.10. The maximum atomic E-state index is 14.1. The Morgan fingerprint density at radius 2 is 1.63 bits per heavy atom. The molecule has 1 saturated heterocycles. The third-order valence-electron chi connectivity index (χ3n) is 6.87. The highest BCUT2D eigenvalue weighted by molar-refractivity contribution is 7.90. The van der Waals surface area contributed by atoms with Crippen molar-refractivity contribution < 1.29 is 22.1 Å². The van der Waals surface area contributed by atoms with Crippen LogP contribution in [0.5, 0.6) is 0 Å². The van der Waals surface area contributed by atoms with E-state index < -0.39 is 34.2 Å². The lowest BCUT2D eigenvalue weighted by Crippen LogP contribution is -2.41. The van der Waals surface area contributed by atoms with Gasteiger partial charge in [0.1, 0.15) is 5.82 Å². The standard InChI is InChI=1S/C26H26BFN2O4S/c1-17-9-11-21(12-10-17)35(31,32)30-16-23(18-7-6-8-20(28)13-18)22-14-19(15-29-24(22)30)27-33-25(2,3)26(4,5)34-27/h6-16H,1-5H3. The Bertz CT molecular complexity index is 1530. The predicted octanol–water partition coefficient (Wildman–Crippen LogP) is 4.69. The van der Waals surface area contributed by atoms with Crippen molar-refractivity contribution in [3.05, 3.63) is 78.4 Å². The summed E-state index contributed by atoms with van der Waals surface area (Å²) >= 11 is 0. The average Bonchev–Trinajstić information content (AvgIpc) is 3.28. The predicted molar refractivity (Wildman–Crippen MR) is 135 cm³/mol. The summed E-state index contributed by atoms with van der Waals surface area (Å²) in [5.41, 5.74) is 1.84. The number of nitrogens with zero attached hydrogens (tertiary/aromatic N) is 2. The van der Waals surface area contributed by atoms with Crippen LogP contribution in [0.2, 0.25) is 0 Å². The van der Waals surface area contributed by atoms with E-state index >= 15 is 0 Å². The van der Waals surface area contributed by atoms with Crippen LogP contribution in [0.1, 0.15) is 33.3 Å². The molecule has 0 atom stereocenters. The van der Waals surface area contributed by atoms with Gasteiger partial charge in [-0.1, -0.05) is 29.8 Å². The van der Waals surface area contributed by atoms with Crippen LogP contribution in [0, 0.1) is 12.7 Å². The van der Waals surface area contributed by atoms with Gasteiger partial charge >= 0.3 is 7.12 Å². The van der Waals surface area contributed by atoms with Crippen molar-refractivity contribution in [1.82, 2.24) is 8.96 Å². The van der Waals surface area contributed by atoms with E-state index in [4.69, 9.17) is 9.31 Å². The smallest absolute Gasteiger partial charge is 0.399 e. The van der Waals surface area contributed by atoms with E-state index in [9.17, 15) is 12.8 Å². The van der Waals surface area contributed by atoms with Crippen LogP contribution in [-0.4, -0.2) is 35.7 Å². The van der Waals surface area contributed by atoms with Crippen LogP contribution in [0.15, 0.2) is 71.9 Å². The van der Waals surface area contributed by atoms with Gasteiger partial charge in [0.25, 0.3) is 10.0 Å². The van der Waals surface area contributed by atoms with E-state index in [0.29, 0.717) is 22.0 Å². The SMILES string of the molecule is Cc1ccc(S(=O)(=O)n2cc(-c3cccc(F)c3)c3cc(B4OC(C)(C)C(C)(C)O4)cnc32)cc1. The lowest BCUT2D eigenvalue weighted by Gasteiger charge is -2.32. The molecule has 3 heterocycles. The van der Waals surface area contributed by atoms with E-state index in [2.05, 4.69) is 4.98 Å². The fraction of sp³-hybridized carbons (Fsp3) is 0.269. The summed E-state index contributed by atoms with van der Waals surface area (Å²) in [4.78, 5) is 4.67. The Kier molecular flexibility index (Phi) is 5.43. The van der Waals surface area contributed by atoms with E-state index in [-0.39, 0.29) is 10.5 Å². The highest BCUT2D eigenvalue weighted by atomic mass is 32.2. The second kappa shape index (κ2) is 8.01. The molecular formula is C26H26BFN2O4S. The number of pyridine rings is 1. The summed E-state index contributed by atoms with van der Waals surface area (Å²) in [6, 6.07) is 14.5. The van der Waals surface area contributed by atoms with E-state index in [1.54, 1.807) is 42.6 Å². The zero-order valence-electron chi connectivity index (χ0n) is 20.2. The number of benzene rings is 2. The first kappa shape index (κ1) is 23.7. The van der Waals surface area contributed by atoms with E-state index in [1.165, 1.54) is 18.3 Å². The summed E-state index contributed by atoms with van der Waals surface area (Å²) in [5.74, 6) is -0.417. The van der Waals surface area contributed by atoms with Crippen LogP contribution < -0.4 is 5.46 Å². The van der Waals surface area contributed by atoms with Crippen molar-refractivity contribution in [2.45, 2.75) is 50.7 Å². The van der Waals surface area contributed by atoms with Gasteiger partial charge in [-0.15, -0.1) is 0 Å². The van der Waals surface area contributed by atoms with Crippen molar-refractivity contribution in [1.29, 1.82) is 0 Å². The highest BCUT2D eigenvalue weighted by Gasteiger charge is 2.52. The molecule has 180 valence electrons. The molecule has 2 aromatic heterocycles. The third kappa shape index (κ3) is 3.97. The maximum Gasteiger partial charge on any atom is 0.496 e. The molecule has 5 rings (SSSR count). The average molecular weight is 492 g/mol. The van der Waals surface area contributed by atoms with Crippen molar-refractivity contribution in [2.24, 2.45) is 0 Å². The zero-order valence-corrected chi connectivity index (χ0v) is 21.1. The lowest BCUT2D eigenvalue weighted by atomic mass is 9.79. The lowest BCUT2D eigenvalue weighted by molar-refractivity contribution is 0.00578. The van der Waals surface area contributed by atoms with Gasteiger partial charge < -0.3 is 9.31 Å². The first-order valence-corrected chi connectivity index (χ1v) is 12.8. The Labute approximate surface area is 204 Å². The molecule has 1 aliphatic rings. The minimum atomic E-state index is -3.95. The van der Waals surface area contributed by atoms with Gasteiger partial charge in [0.05, 0.1) is 16.1 Å². The second-order valence-electron chi connectivity index (χ2n) is 9.90. The molecule has 4 aromatic rings. The molecule has 0 aliphatic carbocycles. The van der Waals surface area contributed by atoms with E-state index in [1.807, 2.05) is 40.7 Å². The molecule has 0 radical (unpaired) electrons. The Morgan fingerprint density at radius 3 is 2.26 bits per heavy atom. The molecule has 2 aromatic carbocycles. The molecule has 0 saturated carbocycles. The van der Waals surface area contributed by atoms with Gasteiger partial charge in [-0.25, -0.2) is 21.8 Å². The molecule has 0 bridgehead atoms. The Hall–Kier alpha value is -3.01. The van der Waals surface area contributed by atoms with Crippen LogP contribution in [-0.2, 0) is 19.3 Å². The van der Waals surface area contributed by atoms with Crippen LogP contribution in [0.3, 0.4) is 0 Å². The molecule has 6 nitrogen and oxygen atoms in total. The van der Waals surface area contributed by atoms with Gasteiger partial charge in [0.15, 0.2) is 5.65 Å². The number of fused-ring (bicyclic) bond motifs is 1. The highest BCUT2D eigenvalue weighted by Crippen LogP contribution is 2.37. The summed E-state index contributed by atoms with van der Waals surface area (Å²) in [6.45, 7) is 9.73. The third-order valence-corrected chi connectivity index (χ3v) is 8.54. The number of hydrogen-bond acceptors (Lipinski definition) is 5. The van der Waals surface area contributed by atoms with Crippen LogP contribution >= 0.6 is 0 Å². The summed E-state index contributed by atoms with van der Waals surface area (Å²) in [6.07, 6.45) is 3.07. The molecule has 9 heteroatoms. The zero-order chi connectivity index (χ0) is 25.2. The van der Waals surface area contributed by atoms with Crippen molar-refractivity contribution in [3.8, 4) is 11.1 Å². The normalized spacial score (nSPS) is 17.3. The number of hydrogen-bond donors (Lipinski definition) is 0. The van der Waals surface area contributed by atoms with Crippen molar-refractivity contribution in [2.75, 3.05) is 0 Å². The van der Waals surface area contributed by atoms with Crippen molar-refractivity contribution in [3.63, 3.8) is 0 Å². The summed E-state index contributed by atoms with van der Waals surface area (Å²) < 4.78 is 54.8. The van der Waals surface area contributed by atoms with Gasteiger partial charge in [0.2, 0.25) is 0 Å². The molecule has 0 N–H and O–H groups in total. The number of aryl methyl sites for hydroxylation is 1. The molecular weight excluding hydrogens is 466 g/mol. The van der Waals surface area contributed by atoms with Gasteiger partial charge in [-0.3, -0.25) is 0 Å². The van der Waals surface area contributed by atoms with E-state index in [0.717, 1.165) is 9.54 Å². The number of rotatable bonds is 4. The second-order valence-corrected chi connectivity index (χ2v) is 11.7. The number of aromatic nitrogens is 2. The summed E-state index contributed by atoms with van der Waals surface area (Å²) in [7, 11) is -4.62. The van der Waals surface area contributed by atoms with Crippen LogP contribution in [0.25, 0.3) is 22.2 Å². The van der Waals surface area contributed by atoms with Gasteiger partial charge in [-0.2, -0.15) is 0 Å². The summed E-state index contributed by atoms with van der Waals surface area (Å²) in [5, 5.41) is 0.554. The topological polar surface area (TPSA) is 70.4 Å². The minimum Gasteiger partial charge on any atom is -0.399 e. The van der Waals surface area contributed by atoms with Crippen molar-refractivity contribution >= 4 is 33.6 Å². The first-order valence-electron chi connectivity index (χ1n) is 11.3. The first-order chi connectivity index (χ1) is 16.4. The monoisotopic (exact) mass is 492 g/mol. The molecule has 0 amide bonds.